The molecule has 3 heterocycles. The molecule has 0 spiro atoms. The van der Waals surface area contributed by atoms with Gasteiger partial charge in [0.05, 0.1) is 0 Å². The van der Waals surface area contributed by atoms with Crippen LogP contribution < -0.4 is 4.74 Å². The van der Waals surface area contributed by atoms with Gasteiger partial charge in [-0.05, 0) is 25.0 Å². The van der Waals surface area contributed by atoms with E-state index in [2.05, 4.69) is 4.98 Å². The number of hydrogen-bond acceptors (Lipinski definition) is 4. The molecular formula is C14H15N3O4. The van der Waals surface area contributed by atoms with E-state index >= 15 is 0 Å². The van der Waals surface area contributed by atoms with Crippen molar-refractivity contribution >= 4 is 17.5 Å². The molecule has 1 fully saturated rings. The normalized spacial score (nSPS) is 14.6. The third-order valence-corrected chi connectivity index (χ3v) is 3.48. The van der Waals surface area contributed by atoms with Crippen LogP contribution in [0.3, 0.4) is 0 Å². The maximum absolute atomic E-state index is 11.9. The molecule has 0 aromatic carbocycles. The van der Waals surface area contributed by atoms with Gasteiger partial charge in [0.1, 0.15) is 0 Å². The van der Waals surface area contributed by atoms with Crippen molar-refractivity contribution in [2.75, 3.05) is 19.7 Å². The van der Waals surface area contributed by atoms with Crippen molar-refractivity contribution in [3.63, 3.8) is 0 Å². The highest BCUT2D eigenvalue weighted by atomic mass is 16.5. The smallest absolute Gasteiger partial charge is 0.356 e. The molecule has 1 amide bonds. The van der Waals surface area contributed by atoms with Gasteiger partial charge in [0.2, 0.25) is 0 Å². The summed E-state index contributed by atoms with van der Waals surface area (Å²) < 4.78 is 7.09. The standard InChI is InChI=1S/C14H15N3O4/c18-12(16-5-1-2-6-16)9-21-11-4-3-7-17-8-10(14(19)20)15-13(11)17/h3-4,7-8H,1-2,5-6,9H2,(H,19,20). The Balaban J connectivity index is 1.77. The van der Waals surface area contributed by atoms with Gasteiger partial charge < -0.3 is 19.1 Å². The Labute approximate surface area is 120 Å². The number of aromatic nitrogens is 2. The van der Waals surface area contributed by atoms with Gasteiger partial charge in [-0.15, -0.1) is 0 Å². The number of carboxylic acids is 1. The Hall–Kier alpha value is -2.57. The monoisotopic (exact) mass is 289 g/mol. The minimum Gasteiger partial charge on any atom is -0.480 e. The van der Waals surface area contributed by atoms with Crippen molar-refractivity contribution in [3.8, 4) is 5.75 Å². The summed E-state index contributed by atoms with van der Waals surface area (Å²) in [5.41, 5.74) is 0.334. The van der Waals surface area contributed by atoms with Crippen LogP contribution in [0.5, 0.6) is 5.75 Å². The molecule has 21 heavy (non-hydrogen) atoms. The summed E-state index contributed by atoms with van der Waals surface area (Å²) in [6.45, 7) is 1.49. The van der Waals surface area contributed by atoms with Crippen LogP contribution in [0.4, 0.5) is 0 Å². The zero-order valence-electron chi connectivity index (χ0n) is 11.4. The number of carbonyl (C=O) groups excluding carboxylic acids is 1. The molecule has 2 aromatic rings. The van der Waals surface area contributed by atoms with Gasteiger partial charge in [-0.1, -0.05) is 0 Å². The molecule has 7 nitrogen and oxygen atoms in total. The summed E-state index contributed by atoms with van der Waals surface area (Å²) in [6, 6.07) is 3.39. The quantitative estimate of drug-likeness (QED) is 0.909. The SMILES string of the molecule is O=C(O)c1cn2cccc(OCC(=O)N3CCCC3)c2n1. The molecule has 0 aliphatic carbocycles. The topological polar surface area (TPSA) is 84.1 Å². The van der Waals surface area contributed by atoms with E-state index in [0.717, 1.165) is 25.9 Å². The van der Waals surface area contributed by atoms with Crippen LogP contribution in [-0.4, -0.2) is 51.0 Å². The highest BCUT2D eigenvalue weighted by Crippen LogP contribution is 2.19. The van der Waals surface area contributed by atoms with Gasteiger partial charge in [-0.2, -0.15) is 0 Å². The molecule has 110 valence electrons. The Morgan fingerprint density at radius 1 is 1.33 bits per heavy atom. The van der Waals surface area contributed by atoms with Crippen LogP contribution in [0.25, 0.3) is 5.65 Å². The number of fused-ring (bicyclic) bond motifs is 1. The molecule has 0 bridgehead atoms. The highest BCUT2D eigenvalue weighted by molar-refractivity contribution is 5.86. The van der Waals surface area contributed by atoms with Crippen LogP contribution in [0, 0.1) is 0 Å². The number of hydrogen-bond donors (Lipinski definition) is 1. The third kappa shape index (κ3) is 2.67. The zero-order chi connectivity index (χ0) is 14.8. The van der Waals surface area contributed by atoms with Crippen LogP contribution >= 0.6 is 0 Å². The van der Waals surface area contributed by atoms with Gasteiger partial charge in [-0.3, -0.25) is 4.79 Å². The molecule has 1 saturated heterocycles. The van der Waals surface area contributed by atoms with Crippen molar-refractivity contribution in [1.82, 2.24) is 14.3 Å². The summed E-state index contributed by atoms with van der Waals surface area (Å²) in [5, 5.41) is 8.96. The molecule has 0 radical (unpaired) electrons. The molecule has 3 rings (SSSR count). The number of carbonyl (C=O) groups is 2. The third-order valence-electron chi connectivity index (χ3n) is 3.48. The summed E-state index contributed by atoms with van der Waals surface area (Å²) >= 11 is 0. The fourth-order valence-electron chi connectivity index (χ4n) is 2.40. The fourth-order valence-corrected chi connectivity index (χ4v) is 2.40. The minimum absolute atomic E-state index is 0.0560. The van der Waals surface area contributed by atoms with Gasteiger partial charge in [0.15, 0.2) is 23.7 Å². The molecule has 2 aromatic heterocycles. The van der Waals surface area contributed by atoms with E-state index in [1.54, 1.807) is 27.6 Å². The van der Waals surface area contributed by atoms with Crippen LogP contribution in [-0.2, 0) is 4.79 Å². The molecule has 7 heteroatoms. The first-order valence-electron chi connectivity index (χ1n) is 6.77. The first-order chi connectivity index (χ1) is 10.1. The van der Waals surface area contributed by atoms with Crippen molar-refractivity contribution in [1.29, 1.82) is 0 Å². The number of imidazole rings is 1. The van der Waals surface area contributed by atoms with Crippen LogP contribution in [0.1, 0.15) is 23.3 Å². The Morgan fingerprint density at radius 3 is 2.81 bits per heavy atom. The van der Waals surface area contributed by atoms with Gasteiger partial charge >= 0.3 is 5.97 Å². The van der Waals surface area contributed by atoms with Crippen LogP contribution in [0.15, 0.2) is 24.5 Å². The molecule has 0 unspecified atom stereocenters. The number of ether oxygens (including phenoxy) is 1. The van der Waals surface area contributed by atoms with Crippen LogP contribution in [0.2, 0.25) is 0 Å². The number of amides is 1. The number of carboxylic acid groups (broad SMARTS) is 1. The average molecular weight is 289 g/mol. The lowest BCUT2D eigenvalue weighted by atomic mass is 10.4. The lowest BCUT2D eigenvalue weighted by Crippen LogP contribution is -2.32. The molecule has 1 aliphatic heterocycles. The van der Waals surface area contributed by atoms with E-state index in [-0.39, 0.29) is 18.2 Å². The predicted octanol–water partition coefficient (Wildman–Crippen LogP) is 1.03. The zero-order valence-corrected chi connectivity index (χ0v) is 11.4. The molecule has 1 N–H and O–H groups in total. The lowest BCUT2D eigenvalue weighted by molar-refractivity contribution is -0.132. The maximum atomic E-state index is 11.9. The average Bonchev–Trinajstić information content (AvgIpc) is 3.13. The molecule has 0 atom stereocenters. The van der Waals surface area contributed by atoms with E-state index in [4.69, 9.17) is 9.84 Å². The number of pyridine rings is 1. The summed E-state index contributed by atoms with van der Waals surface area (Å²) in [4.78, 5) is 28.7. The fraction of sp³-hybridized carbons (Fsp3) is 0.357. The first-order valence-corrected chi connectivity index (χ1v) is 6.77. The van der Waals surface area contributed by atoms with Gasteiger partial charge in [-0.25, -0.2) is 9.78 Å². The van der Waals surface area contributed by atoms with E-state index in [9.17, 15) is 9.59 Å². The van der Waals surface area contributed by atoms with Crippen molar-refractivity contribution < 1.29 is 19.4 Å². The number of rotatable bonds is 4. The largest absolute Gasteiger partial charge is 0.480 e. The maximum Gasteiger partial charge on any atom is 0.356 e. The van der Waals surface area contributed by atoms with Crippen molar-refractivity contribution in [3.05, 3.63) is 30.2 Å². The van der Waals surface area contributed by atoms with Crippen molar-refractivity contribution in [2.45, 2.75) is 12.8 Å². The second-order valence-corrected chi connectivity index (χ2v) is 4.91. The first kappa shape index (κ1) is 13.4. The number of likely N-dealkylation sites (tertiary alicyclic amines) is 1. The predicted molar refractivity (Wildman–Crippen MR) is 73.5 cm³/mol. The Kier molecular flexibility index (Phi) is 3.47. The van der Waals surface area contributed by atoms with E-state index in [1.165, 1.54) is 6.20 Å². The second kappa shape index (κ2) is 5.43. The summed E-state index contributed by atoms with van der Waals surface area (Å²) in [7, 11) is 0. The van der Waals surface area contributed by atoms with Gasteiger partial charge in [0, 0.05) is 25.5 Å². The Morgan fingerprint density at radius 2 is 2.10 bits per heavy atom. The molecule has 1 aliphatic rings. The van der Waals surface area contributed by atoms with E-state index < -0.39 is 5.97 Å². The van der Waals surface area contributed by atoms with E-state index in [0.29, 0.717) is 11.4 Å². The number of nitrogens with zero attached hydrogens (tertiary/aromatic N) is 3. The second-order valence-electron chi connectivity index (χ2n) is 4.91. The molecule has 0 saturated carbocycles. The van der Waals surface area contributed by atoms with E-state index in [1.807, 2.05) is 0 Å². The molecular weight excluding hydrogens is 274 g/mol. The lowest BCUT2D eigenvalue weighted by Gasteiger charge is -2.15. The summed E-state index contributed by atoms with van der Waals surface area (Å²) in [6.07, 6.45) is 5.16. The van der Waals surface area contributed by atoms with Crippen molar-refractivity contribution in [2.24, 2.45) is 0 Å². The number of aromatic carboxylic acids is 1. The van der Waals surface area contributed by atoms with Gasteiger partial charge in [0.25, 0.3) is 5.91 Å². The Bertz CT molecular complexity index is 689. The summed E-state index contributed by atoms with van der Waals surface area (Å²) in [5.74, 6) is -0.755. The minimum atomic E-state index is -1.10. The highest BCUT2D eigenvalue weighted by Gasteiger charge is 2.19.